The summed E-state index contributed by atoms with van der Waals surface area (Å²) >= 11 is 5.96. The maximum Gasteiger partial charge on any atom is 0.119 e. The van der Waals surface area contributed by atoms with Crippen molar-refractivity contribution in [3.8, 4) is 18.1 Å². The van der Waals surface area contributed by atoms with Crippen LogP contribution >= 0.6 is 11.6 Å². The molecule has 0 N–H and O–H groups in total. The minimum absolute atomic E-state index is 0.639. The van der Waals surface area contributed by atoms with E-state index in [1.165, 1.54) is 0 Å². The molecule has 2 aromatic carbocycles. The molecule has 0 aromatic heterocycles. The smallest absolute Gasteiger partial charge is 0.119 e. The molecule has 3 rings (SSSR count). The monoisotopic (exact) mass is 320 g/mol. The fourth-order valence-corrected chi connectivity index (χ4v) is 2.98. The van der Waals surface area contributed by atoms with E-state index >= 15 is 0 Å². The Morgan fingerprint density at radius 1 is 1.13 bits per heavy atom. The Kier molecular flexibility index (Phi) is 4.28. The largest absolute Gasteiger partial charge is 0.494 e. The highest BCUT2D eigenvalue weighted by atomic mass is 35.5. The van der Waals surface area contributed by atoms with Gasteiger partial charge in [0.15, 0.2) is 0 Å². The number of halogens is 1. The van der Waals surface area contributed by atoms with Gasteiger partial charge in [-0.2, -0.15) is 0 Å². The first-order chi connectivity index (χ1) is 11.1. The summed E-state index contributed by atoms with van der Waals surface area (Å²) in [5, 5.41) is 0.733. The van der Waals surface area contributed by atoms with Crippen LogP contribution in [0.1, 0.15) is 30.5 Å². The van der Waals surface area contributed by atoms with Gasteiger partial charge < -0.3 is 4.74 Å². The molecule has 0 radical (unpaired) electrons. The Hall–Kier alpha value is -2.43. The van der Waals surface area contributed by atoms with Crippen LogP contribution in [-0.4, -0.2) is 6.61 Å². The van der Waals surface area contributed by atoms with Gasteiger partial charge in [-0.15, -0.1) is 6.42 Å². The van der Waals surface area contributed by atoms with Crippen molar-refractivity contribution in [2.75, 3.05) is 6.61 Å². The summed E-state index contributed by atoms with van der Waals surface area (Å²) in [7, 11) is 0. The van der Waals surface area contributed by atoms with E-state index in [1.54, 1.807) is 0 Å². The number of hydrogen-bond acceptors (Lipinski definition) is 1. The van der Waals surface area contributed by atoms with E-state index in [2.05, 4.69) is 25.0 Å². The van der Waals surface area contributed by atoms with Gasteiger partial charge in [-0.3, -0.25) is 0 Å². The summed E-state index contributed by atoms with van der Waals surface area (Å²) in [6.45, 7) is 4.68. The zero-order valence-electron chi connectivity index (χ0n) is 13.2. The van der Waals surface area contributed by atoms with E-state index in [0.29, 0.717) is 6.61 Å². The van der Waals surface area contributed by atoms with Crippen molar-refractivity contribution in [2.24, 2.45) is 0 Å². The highest BCUT2D eigenvalue weighted by molar-refractivity contribution is 6.30. The molecule has 0 unspecified atom stereocenters. The van der Waals surface area contributed by atoms with Crippen LogP contribution in [0, 0.1) is 12.3 Å². The highest BCUT2D eigenvalue weighted by Crippen LogP contribution is 2.43. The molecule has 0 spiro atoms. The standard InChI is InChI=1S/C21H17ClO/c1-4-18-14(3)20(12-15-6-8-16(22)9-7-15)19-11-10-17(23-5-2)13-21(18)19/h1,6-13H,5H2,2-3H3. The molecule has 23 heavy (non-hydrogen) atoms. The second-order valence-corrected chi connectivity index (χ2v) is 5.83. The van der Waals surface area contributed by atoms with E-state index in [0.717, 1.165) is 44.2 Å². The average Bonchev–Trinajstić information content (AvgIpc) is 2.81. The lowest BCUT2D eigenvalue weighted by Crippen LogP contribution is -1.93. The molecular formula is C21H17ClO. The number of rotatable bonds is 3. The topological polar surface area (TPSA) is 9.23 Å². The molecule has 0 saturated carbocycles. The first-order valence-corrected chi connectivity index (χ1v) is 7.94. The third kappa shape index (κ3) is 2.91. The average molecular weight is 321 g/mol. The molecule has 0 heterocycles. The minimum atomic E-state index is 0.639. The van der Waals surface area contributed by atoms with E-state index in [1.807, 2.05) is 43.3 Å². The number of hydrogen-bond donors (Lipinski definition) is 0. The van der Waals surface area contributed by atoms with Crippen molar-refractivity contribution in [1.29, 1.82) is 0 Å². The lowest BCUT2D eigenvalue weighted by molar-refractivity contribution is 0.340. The lowest BCUT2D eigenvalue weighted by Gasteiger charge is -2.07. The maximum absolute atomic E-state index is 5.96. The van der Waals surface area contributed by atoms with Crippen LogP contribution in [-0.2, 0) is 0 Å². The van der Waals surface area contributed by atoms with Crippen LogP contribution in [0.4, 0.5) is 0 Å². The van der Waals surface area contributed by atoms with Gasteiger partial charge in [0.05, 0.1) is 6.61 Å². The van der Waals surface area contributed by atoms with Crippen molar-refractivity contribution in [2.45, 2.75) is 13.8 Å². The zero-order chi connectivity index (χ0) is 16.4. The number of benzene rings is 2. The number of ether oxygens (including phenoxy) is 1. The Labute approximate surface area is 142 Å². The summed E-state index contributed by atoms with van der Waals surface area (Å²) in [6, 6.07) is 13.9. The van der Waals surface area contributed by atoms with Crippen molar-refractivity contribution in [3.63, 3.8) is 0 Å². The van der Waals surface area contributed by atoms with E-state index in [4.69, 9.17) is 22.8 Å². The van der Waals surface area contributed by atoms with Crippen LogP contribution in [0.5, 0.6) is 5.75 Å². The molecule has 0 atom stereocenters. The van der Waals surface area contributed by atoms with Gasteiger partial charge in [-0.1, -0.05) is 35.7 Å². The van der Waals surface area contributed by atoms with Crippen molar-refractivity contribution in [1.82, 2.24) is 0 Å². The van der Waals surface area contributed by atoms with Gasteiger partial charge in [-0.05, 0) is 66.5 Å². The normalized spacial score (nSPS) is 14.8. The Morgan fingerprint density at radius 2 is 1.87 bits per heavy atom. The van der Waals surface area contributed by atoms with Crippen LogP contribution in [0.2, 0.25) is 5.02 Å². The summed E-state index contributed by atoms with van der Waals surface area (Å²) in [5.41, 5.74) is 6.51. The fraction of sp³-hybridized carbons (Fsp3) is 0.143. The fourth-order valence-electron chi connectivity index (χ4n) is 2.86. The zero-order valence-corrected chi connectivity index (χ0v) is 13.9. The summed E-state index contributed by atoms with van der Waals surface area (Å²) in [5.74, 6) is 3.67. The molecule has 2 heteroatoms. The van der Waals surface area contributed by atoms with E-state index in [-0.39, 0.29) is 0 Å². The van der Waals surface area contributed by atoms with Crippen LogP contribution in [0.25, 0.3) is 17.2 Å². The van der Waals surface area contributed by atoms with Gasteiger partial charge in [0.25, 0.3) is 0 Å². The molecule has 114 valence electrons. The van der Waals surface area contributed by atoms with Crippen molar-refractivity contribution in [3.05, 3.63) is 69.8 Å². The van der Waals surface area contributed by atoms with E-state index < -0.39 is 0 Å². The summed E-state index contributed by atoms with van der Waals surface area (Å²) < 4.78 is 5.60. The maximum atomic E-state index is 5.96. The minimum Gasteiger partial charge on any atom is -0.494 e. The molecule has 0 bridgehead atoms. The molecule has 1 aliphatic carbocycles. The van der Waals surface area contributed by atoms with Crippen molar-refractivity contribution >= 4 is 28.8 Å². The Bertz CT molecular complexity index is 848. The predicted octanol–water partition coefficient (Wildman–Crippen LogP) is 5.70. The Balaban J connectivity index is 2.12. The molecule has 0 saturated heterocycles. The highest BCUT2D eigenvalue weighted by Gasteiger charge is 2.23. The second-order valence-electron chi connectivity index (χ2n) is 5.39. The van der Waals surface area contributed by atoms with Crippen molar-refractivity contribution < 1.29 is 4.74 Å². The molecule has 2 aromatic rings. The van der Waals surface area contributed by atoms with Gasteiger partial charge in [0.2, 0.25) is 0 Å². The van der Waals surface area contributed by atoms with Gasteiger partial charge in [0.1, 0.15) is 5.75 Å². The number of terminal acetylenes is 1. The summed E-state index contributed by atoms with van der Waals surface area (Å²) in [6.07, 6.45) is 7.89. The molecular weight excluding hydrogens is 304 g/mol. The van der Waals surface area contributed by atoms with E-state index in [9.17, 15) is 0 Å². The predicted molar refractivity (Wildman–Crippen MR) is 98.4 cm³/mol. The molecule has 1 nitrogen and oxygen atoms in total. The van der Waals surface area contributed by atoms with Crippen LogP contribution in [0.3, 0.4) is 0 Å². The first-order valence-electron chi connectivity index (χ1n) is 7.56. The van der Waals surface area contributed by atoms with Gasteiger partial charge in [0, 0.05) is 16.2 Å². The third-order valence-corrected chi connectivity index (χ3v) is 4.22. The Morgan fingerprint density at radius 3 is 2.52 bits per heavy atom. The van der Waals surface area contributed by atoms with Gasteiger partial charge in [-0.25, -0.2) is 0 Å². The lowest BCUT2D eigenvalue weighted by atomic mass is 10.0. The second kappa shape index (κ2) is 6.36. The molecule has 0 amide bonds. The SMILES string of the molecule is C#CC1=C(C)C(=Cc2ccc(Cl)cc2)c2ccc(OCC)cc21. The first kappa shape index (κ1) is 15.5. The van der Waals surface area contributed by atoms with Crippen LogP contribution < -0.4 is 4.74 Å². The van der Waals surface area contributed by atoms with Gasteiger partial charge >= 0.3 is 0 Å². The third-order valence-electron chi connectivity index (χ3n) is 3.97. The summed E-state index contributed by atoms with van der Waals surface area (Å²) in [4.78, 5) is 0. The molecule has 0 aliphatic heterocycles. The molecule has 1 aliphatic rings. The number of allylic oxidation sites excluding steroid dienone is 3. The van der Waals surface area contributed by atoms with Crippen LogP contribution in [0.15, 0.2) is 48.0 Å². The molecule has 0 fully saturated rings. The number of fused-ring (bicyclic) bond motifs is 1. The quantitative estimate of drug-likeness (QED) is 0.659.